The number of rotatable bonds is 6. The third-order valence-electron chi connectivity index (χ3n) is 3.09. The van der Waals surface area contributed by atoms with Gasteiger partial charge in [0, 0.05) is 13.2 Å². The highest BCUT2D eigenvalue weighted by molar-refractivity contribution is 7.91. The molecule has 0 bridgehead atoms. The molecule has 2 rings (SSSR count). The zero-order valence-electron chi connectivity index (χ0n) is 12.6. The summed E-state index contributed by atoms with van der Waals surface area (Å²) in [5, 5.41) is 2.73. The maximum atomic E-state index is 12.3. The third-order valence-corrected chi connectivity index (χ3v) is 6.59. The standard InChI is InChI=1S/C14H16ClN3O3S2/c1-10(11-5-3-4-8-16-11)17-13(19)9-18(2)23(20,21)14-7-6-12(15)22-14/h3-8,10H,9H2,1-2H3,(H,17,19)/t10-/m0/s1. The number of halogens is 1. The zero-order valence-corrected chi connectivity index (χ0v) is 15.0. The lowest BCUT2D eigenvalue weighted by molar-refractivity contribution is -0.121. The third kappa shape index (κ3) is 4.51. The quantitative estimate of drug-likeness (QED) is 0.842. The fourth-order valence-corrected chi connectivity index (χ4v) is 4.69. The molecule has 0 fully saturated rings. The monoisotopic (exact) mass is 373 g/mol. The van der Waals surface area contributed by atoms with Gasteiger partial charge < -0.3 is 5.32 Å². The molecule has 2 heterocycles. The largest absolute Gasteiger partial charge is 0.347 e. The van der Waals surface area contributed by atoms with Crippen molar-refractivity contribution in [3.8, 4) is 0 Å². The molecule has 0 saturated heterocycles. The van der Waals surface area contributed by atoms with Gasteiger partial charge in [0.25, 0.3) is 10.0 Å². The predicted octanol–water partition coefficient (Wildman–Crippen LogP) is 2.29. The summed E-state index contributed by atoms with van der Waals surface area (Å²) in [6.45, 7) is 1.50. The van der Waals surface area contributed by atoms with Gasteiger partial charge in [0.05, 0.1) is 22.6 Å². The highest BCUT2D eigenvalue weighted by atomic mass is 35.5. The summed E-state index contributed by atoms with van der Waals surface area (Å²) in [5.41, 5.74) is 0.705. The van der Waals surface area contributed by atoms with Crippen LogP contribution in [0.3, 0.4) is 0 Å². The van der Waals surface area contributed by atoms with E-state index in [0.717, 1.165) is 15.6 Å². The Labute approximate surface area is 144 Å². The minimum absolute atomic E-state index is 0.107. The lowest BCUT2D eigenvalue weighted by Gasteiger charge is -2.18. The number of nitrogens with zero attached hydrogens (tertiary/aromatic N) is 2. The second-order valence-electron chi connectivity index (χ2n) is 4.86. The molecule has 6 nitrogen and oxygen atoms in total. The van der Waals surface area contributed by atoms with E-state index in [1.54, 1.807) is 25.3 Å². The van der Waals surface area contributed by atoms with Crippen LogP contribution in [0.25, 0.3) is 0 Å². The van der Waals surface area contributed by atoms with Gasteiger partial charge in [0.15, 0.2) is 0 Å². The number of hydrogen-bond donors (Lipinski definition) is 1. The van der Waals surface area contributed by atoms with Gasteiger partial charge in [0.1, 0.15) is 4.21 Å². The summed E-state index contributed by atoms with van der Waals surface area (Å²) < 4.78 is 26.1. The molecule has 1 atom stereocenters. The summed E-state index contributed by atoms with van der Waals surface area (Å²) in [6, 6.07) is 8.02. The molecule has 1 N–H and O–H groups in total. The number of sulfonamides is 1. The van der Waals surface area contributed by atoms with Crippen molar-refractivity contribution in [1.29, 1.82) is 0 Å². The number of thiophene rings is 1. The first kappa shape index (κ1) is 17.9. The van der Waals surface area contributed by atoms with Crippen LogP contribution in [0.4, 0.5) is 0 Å². The van der Waals surface area contributed by atoms with E-state index in [1.807, 2.05) is 6.07 Å². The van der Waals surface area contributed by atoms with Gasteiger partial charge in [0.2, 0.25) is 5.91 Å². The molecule has 2 aromatic heterocycles. The van der Waals surface area contributed by atoms with Crippen LogP contribution in [0.5, 0.6) is 0 Å². The number of carbonyl (C=O) groups excluding carboxylic acids is 1. The number of hydrogen-bond acceptors (Lipinski definition) is 5. The van der Waals surface area contributed by atoms with E-state index in [-0.39, 0.29) is 16.8 Å². The first-order chi connectivity index (χ1) is 10.8. The number of aromatic nitrogens is 1. The summed E-state index contributed by atoms with van der Waals surface area (Å²) in [5.74, 6) is -0.406. The minimum atomic E-state index is -3.72. The van der Waals surface area contributed by atoms with Crippen molar-refractivity contribution in [1.82, 2.24) is 14.6 Å². The summed E-state index contributed by atoms with van der Waals surface area (Å²) in [6.07, 6.45) is 1.63. The Morgan fingerprint density at radius 3 is 2.70 bits per heavy atom. The average Bonchev–Trinajstić information content (AvgIpc) is 2.95. The fourth-order valence-electron chi connectivity index (χ4n) is 1.87. The number of nitrogens with one attached hydrogen (secondary N) is 1. The van der Waals surface area contributed by atoms with E-state index in [1.165, 1.54) is 19.2 Å². The van der Waals surface area contributed by atoms with Gasteiger partial charge in [-0.3, -0.25) is 9.78 Å². The molecular formula is C14H16ClN3O3S2. The van der Waals surface area contributed by atoms with Crippen molar-refractivity contribution < 1.29 is 13.2 Å². The molecule has 0 aliphatic heterocycles. The zero-order chi connectivity index (χ0) is 17.0. The van der Waals surface area contributed by atoms with Crippen LogP contribution < -0.4 is 5.32 Å². The smallest absolute Gasteiger partial charge is 0.252 e. The number of carbonyl (C=O) groups is 1. The van der Waals surface area contributed by atoms with Crippen LogP contribution >= 0.6 is 22.9 Å². The van der Waals surface area contributed by atoms with E-state index in [4.69, 9.17) is 11.6 Å². The van der Waals surface area contributed by atoms with Crippen molar-refractivity contribution in [3.05, 3.63) is 46.6 Å². The van der Waals surface area contributed by atoms with Crippen molar-refractivity contribution in [2.75, 3.05) is 13.6 Å². The van der Waals surface area contributed by atoms with Crippen LogP contribution in [0.1, 0.15) is 18.7 Å². The second-order valence-corrected chi connectivity index (χ2v) is 8.85. The summed E-state index contributed by atoms with van der Waals surface area (Å²) in [7, 11) is -2.37. The van der Waals surface area contributed by atoms with Crippen LogP contribution in [-0.4, -0.2) is 37.2 Å². The highest BCUT2D eigenvalue weighted by Crippen LogP contribution is 2.27. The van der Waals surface area contributed by atoms with Gasteiger partial charge in [-0.2, -0.15) is 4.31 Å². The maximum absolute atomic E-state index is 12.3. The molecular weight excluding hydrogens is 358 g/mol. The van der Waals surface area contributed by atoms with E-state index in [9.17, 15) is 13.2 Å². The first-order valence-corrected chi connectivity index (χ1v) is 9.36. The van der Waals surface area contributed by atoms with Crippen molar-refractivity contribution in [3.63, 3.8) is 0 Å². The Morgan fingerprint density at radius 2 is 2.13 bits per heavy atom. The molecule has 1 amide bonds. The molecule has 2 aromatic rings. The van der Waals surface area contributed by atoms with Gasteiger partial charge >= 0.3 is 0 Å². The van der Waals surface area contributed by atoms with E-state index < -0.39 is 15.9 Å². The molecule has 0 aliphatic carbocycles. The van der Waals surface area contributed by atoms with Crippen molar-refractivity contribution in [2.45, 2.75) is 17.2 Å². The normalized spacial score (nSPS) is 13.0. The summed E-state index contributed by atoms with van der Waals surface area (Å²) in [4.78, 5) is 16.2. The Balaban J connectivity index is 1.99. The van der Waals surface area contributed by atoms with E-state index in [0.29, 0.717) is 10.0 Å². The van der Waals surface area contributed by atoms with Gasteiger partial charge in [-0.15, -0.1) is 11.3 Å². The molecule has 23 heavy (non-hydrogen) atoms. The number of amides is 1. The molecule has 0 aromatic carbocycles. The lowest BCUT2D eigenvalue weighted by Crippen LogP contribution is -2.39. The van der Waals surface area contributed by atoms with Gasteiger partial charge in [-0.25, -0.2) is 8.42 Å². The van der Waals surface area contributed by atoms with Crippen LogP contribution in [0, 0.1) is 0 Å². The molecule has 9 heteroatoms. The van der Waals surface area contributed by atoms with Gasteiger partial charge in [-0.05, 0) is 31.2 Å². The maximum Gasteiger partial charge on any atom is 0.252 e. The van der Waals surface area contributed by atoms with E-state index in [2.05, 4.69) is 10.3 Å². The van der Waals surface area contributed by atoms with Gasteiger partial charge in [-0.1, -0.05) is 17.7 Å². The highest BCUT2D eigenvalue weighted by Gasteiger charge is 2.25. The Hall–Kier alpha value is -1.48. The van der Waals surface area contributed by atoms with Crippen LogP contribution in [0.2, 0.25) is 4.34 Å². The second kappa shape index (κ2) is 7.39. The predicted molar refractivity (Wildman–Crippen MR) is 89.9 cm³/mol. The minimum Gasteiger partial charge on any atom is -0.347 e. The molecule has 0 aliphatic rings. The fraction of sp³-hybridized carbons (Fsp3) is 0.286. The lowest BCUT2D eigenvalue weighted by atomic mass is 10.2. The number of likely N-dealkylation sites (N-methyl/N-ethyl adjacent to an activating group) is 1. The molecule has 0 saturated carbocycles. The molecule has 0 unspecified atom stereocenters. The van der Waals surface area contributed by atoms with E-state index >= 15 is 0 Å². The SMILES string of the molecule is C[C@H](NC(=O)CN(C)S(=O)(=O)c1ccc(Cl)s1)c1ccccn1. The Kier molecular flexibility index (Phi) is 5.74. The topological polar surface area (TPSA) is 79.4 Å². The van der Waals surface area contributed by atoms with Crippen LogP contribution in [-0.2, 0) is 14.8 Å². The first-order valence-electron chi connectivity index (χ1n) is 6.72. The average molecular weight is 374 g/mol. The number of pyridine rings is 1. The van der Waals surface area contributed by atoms with Crippen molar-refractivity contribution >= 4 is 38.9 Å². The van der Waals surface area contributed by atoms with Crippen LogP contribution in [0.15, 0.2) is 40.7 Å². The summed E-state index contributed by atoms with van der Waals surface area (Å²) >= 11 is 6.72. The molecule has 124 valence electrons. The molecule has 0 radical (unpaired) electrons. The molecule has 0 spiro atoms. The van der Waals surface area contributed by atoms with Crippen molar-refractivity contribution in [2.24, 2.45) is 0 Å². The Morgan fingerprint density at radius 1 is 1.39 bits per heavy atom. The Bertz CT molecular complexity index is 778.